The van der Waals surface area contributed by atoms with Crippen LogP contribution in [0.2, 0.25) is 0 Å². The van der Waals surface area contributed by atoms with E-state index in [0.29, 0.717) is 6.04 Å². The molecule has 1 atom stereocenters. The molecule has 2 aliphatic heterocycles. The van der Waals surface area contributed by atoms with E-state index in [2.05, 4.69) is 28.8 Å². The average Bonchev–Trinajstić information content (AvgIpc) is 2.32. The highest BCUT2D eigenvalue weighted by molar-refractivity contribution is 5.85. The number of nitrogens with one attached hydrogen (secondary N) is 1. The van der Waals surface area contributed by atoms with Gasteiger partial charge in [-0.3, -0.25) is 10.3 Å². The van der Waals surface area contributed by atoms with Crippen LogP contribution >= 0.6 is 0 Å². The largest absolute Gasteiger partial charge is 0.359 e. The van der Waals surface area contributed by atoms with Crippen molar-refractivity contribution in [1.82, 2.24) is 14.7 Å². The summed E-state index contributed by atoms with van der Waals surface area (Å²) in [5.41, 5.74) is 0. The van der Waals surface area contributed by atoms with Crippen LogP contribution in [-0.4, -0.2) is 73.4 Å². The first-order chi connectivity index (χ1) is 7.68. The van der Waals surface area contributed by atoms with Gasteiger partial charge in [0.15, 0.2) is 0 Å². The van der Waals surface area contributed by atoms with Gasteiger partial charge in [0, 0.05) is 32.7 Å². The number of rotatable bonds is 1. The van der Waals surface area contributed by atoms with Crippen molar-refractivity contribution in [3.8, 4) is 0 Å². The maximum Gasteiger partial charge on any atom is 0.115 e. The van der Waals surface area contributed by atoms with E-state index in [0.717, 1.165) is 38.6 Å². The minimum Gasteiger partial charge on any atom is -0.359 e. The van der Waals surface area contributed by atoms with Gasteiger partial charge in [0.05, 0.1) is 6.04 Å². The Labute approximate surface area is 98.7 Å². The van der Waals surface area contributed by atoms with E-state index in [-0.39, 0.29) is 0 Å². The van der Waals surface area contributed by atoms with Crippen molar-refractivity contribution in [2.75, 3.05) is 46.8 Å². The number of likely N-dealkylation sites (N-methyl/N-ethyl adjacent to an activating group) is 2. The molecule has 0 amide bonds. The lowest BCUT2D eigenvalue weighted by molar-refractivity contribution is 0.139. The van der Waals surface area contributed by atoms with E-state index in [1.54, 1.807) is 0 Å². The Balaban J connectivity index is 1.96. The zero-order valence-corrected chi connectivity index (χ0v) is 10.6. The minimum atomic E-state index is 0.303. The fourth-order valence-electron chi connectivity index (χ4n) is 2.65. The van der Waals surface area contributed by atoms with Gasteiger partial charge in [0.2, 0.25) is 0 Å². The molecule has 2 heterocycles. The van der Waals surface area contributed by atoms with Crippen molar-refractivity contribution in [3.05, 3.63) is 0 Å². The van der Waals surface area contributed by atoms with Crippen LogP contribution in [0.5, 0.6) is 0 Å². The monoisotopic (exact) mass is 224 g/mol. The first-order valence-corrected chi connectivity index (χ1v) is 6.40. The lowest BCUT2D eigenvalue weighted by atomic mass is 10.1. The van der Waals surface area contributed by atoms with Gasteiger partial charge < -0.3 is 9.80 Å². The number of likely N-dealkylation sites (tertiary alicyclic amines) is 1. The molecule has 0 radical (unpaired) electrons. The van der Waals surface area contributed by atoms with Gasteiger partial charge >= 0.3 is 0 Å². The van der Waals surface area contributed by atoms with E-state index in [4.69, 9.17) is 5.41 Å². The third kappa shape index (κ3) is 2.55. The van der Waals surface area contributed by atoms with Crippen molar-refractivity contribution < 1.29 is 0 Å². The van der Waals surface area contributed by atoms with Crippen LogP contribution < -0.4 is 0 Å². The second kappa shape index (κ2) is 5.15. The van der Waals surface area contributed by atoms with Gasteiger partial charge in [-0.2, -0.15) is 0 Å². The summed E-state index contributed by atoms with van der Waals surface area (Å²) in [6.45, 7) is 5.39. The quantitative estimate of drug-likeness (QED) is 0.526. The van der Waals surface area contributed by atoms with Gasteiger partial charge in [-0.05, 0) is 33.4 Å². The number of hydrogen-bond acceptors (Lipinski definition) is 3. The highest BCUT2D eigenvalue weighted by atomic mass is 15.3. The van der Waals surface area contributed by atoms with Crippen molar-refractivity contribution in [2.24, 2.45) is 0 Å². The maximum absolute atomic E-state index is 8.36. The summed E-state index contributed by atoms with van der Waals surface area (Å²) < 4.78 is 0. The molecule has 4 nitrogen and oxygen atoms in total. The zero-order valence-electron chi connectivity index (χ0n) is 10.6. The van der Waals surface area contributed by atoms with Crippen molar-refractivity contribution in [3.63, 3.8) is 0 Å². The first-order valence-electron chi connectivity index (χ1n) is 6.40. The Hall–Kier alpha value is -0.610. The maximum atomic E-state index is 8.36. The topological polar surface area (TPSA) is 33.6 Å². The molecule has 2 rings (SSSR count). The second-order valence-electron chi connectivity index (χ2n) is 5.19. The Morgan fingerprint density at radius 3 is 2.38 bits per heavy atom. The molecule has 0 aromatic carbocycles. The molecule has 0 bridgehead atoms. The fraction of sp³-hybridized carbons (Fsp3) is 0.917. The molecule has 2 saturated heterocycles. The molecule has 0 aromatic heterocycles. The van der Waals surface area contributed by atoms with Gasteiger partial charge in [-0.25, -0.2) is 0 Å². The van der Waals surface area contributed by atoms with Crippen LogP contribution in [0.3, 0.4) is 0 Å². The molecule has 2 fully saturated rings. The number of piperazine rings is 1. The summed E-state index contributed by atoms with van der Waals surface area (Å²) in [6.07, 6.45) is 3.85. The Bertz CT molecular complexity index is 247. The van der Waals surface area contributed by atoms with Crippen LogP contribution in [0.25, 0.3) is 0 Å². The van der Waals surface area contributed by atoms with Crippen molar-refractivity contribution in [2.45, 2.75) is 25.3 Å². The fourth-order valence-corrected chi connectivity index (χ4v) is 2.65. The van der Waals surface area contributed by atoms with E-state index in [1.807, 2.05) is 0 Å². The molecule has 1 N–H and O–H groups in total. The molecular weight excluding hydrogens is 200 g/mol. The summed E-state index contributed by atoms with van der Waals surface area (Å²) in [5, 5.41) is 8.36. The summed E-state index contributed by atoms with van der Waals surface area (Å²) in [4.78, 5) is 6.95. The zero-order chi connectivity index (χ0) is 11.5. The minimum absolute atomic E-state index is 0.303. The van der Waals surface area contributed by atoms with Crippen molar-refractivity contribution >= 4 is 5.84 Å². The van der Waals surface area contributed by atoms with Gasteiger partial charge in [0.25, 0.3) is 0 Å². The molecule has 92 valence electrons. The van der Waals surface area contributed by atoms with Crippen LogP contribution in [0.15, 0.2) is 0 Å². The molecule has 0 saturated carbocycles. The molecule has 2 aliphatic rings. The SMILES string of the molecule is CN1CCN(C)C(C(=N)N2CCCCC2)C1. The Kier molecular flexibility index (Phi) is 3.82. The van der Waals surface area contributed by atoms with Gasteiger partial charge in [0.1, 0.15) is 5.84 Å². The highest BCUT2D eigenvalue weighted by Crippen LogP contribution is 2.14. The summed E-state index contributed by atoms with van der Waals surface area (Å²) in [7, 11) is 4.31. The number of nitrogens with zero attached hydrogens (tertiary/aromatic N) is 3. The molecule has 1 unspecified atom stereocenters. The molecule has 0 aliphatic carbocycles. The van der Waals surface area contributed by atoms with Crippen LogP contribution in [0.4, 0.5) is 0 Å². The predicted molar refractivity (Wildman–Crippen MR) is 67.1 cm³/mol. The van der Waals surface area contributed by atoms with Gasteiger partial charge in [-0.15, -0.1) is 0 Å². The number of hydrogen-bond donors (Lipinski definition) is 1. The van der Waals surface area contributed by atoms with Gasteiger partial charge in [-0.1, -0.05) is 0 Å². The normalized spacial score (nSPS) is 29.4. The summed E-state index contributed by atoms with van der Waals surface area (Å²) in [5.74, 6) is 0.841. The molecule has 4 heteroatoms. The first kappa shape index (κ1) is 11.9. The summed E-state index contributed by atoms with van der Waals surface area (Å²) in [6, 6.07) is 0.303. The molecule has 0 aromatic rings. The smallest absolute Gasteiger partial charge is 0.115 e. The molecule has 0 spiro atoms. The third-order valence-corrected chi connectivity index (χ3v) is 3.86. The molecule has 16 heavy (non-hydrogen) atoms. The Morgan fingerprint density at radius 1 is 1.00 bits per heavy atom. The predicted octanol–water partition coefficient (Wildman–Crippen LogP) is 0.695. The van der Waals surface area contributed by atoms with Crippen LogP contribution in [0.1, 0.15) is 19.3 Å². The standard InChI is InChI=1S/C12H24N4/c1-14-8-9-15(2)11(10-14)12(13)16-6-4-3-5-7-16/h11,13H,3-10H2,1-2H3. The average molecular weight is 224 g/mol. The van der Waals surface area contributed by atoms with E-state index >= 15 is 0 Å². The third-order valence-electron chi connectivity index (χ3n) is 3.86. The highest BCUT2D eigenvalue weighted by Gasteiger charge is 2.29. The second-order valence-corrected chi connectivity index (χ2v) is 5.19. The number of amidine groups is 1. The summed E-state index contributed by atoms with van der Waals surface area (Å²) >= 11 is 0. The van der Waals surface area contributed by atoms with Crippen LogP contribution in [-0.2, 0) is 0 Å². The van der Waals surface area contributed by atoms with Crippen LogP contribution in [0, 0.1) is 5.41 Å². The lowest BCUT2D eigenvalue weighted by Gasteiger charge is -2.41. The van der Waals surface area contributed by atoms with E-state index < -0.39 is 0 Å². The molecular formula is C12H24N4. The van der Waals surface area contributed by atoms with E-state index in [9.17, 15) is 0 Å². The Morgan fingerprint density at radius 2 is 1.69 bits per heavy atom. The number of piperidine rings is 1. The van der Waals surface area contributed by atoms with E-state index in [1.165, 1.54) is 19.3 Å². The lowest BCUT2D eigenvalue weighted by Crippen LogP contribution is -2.57. The van der Waals surface area contributed by atoms with Crippen molar-refractivity contribution in [1.29, 1.82) is 5.41 Å².